The lowest BCUT2D eigenvalue weighted by molar-refractivity contribution is 0.0633. The third-order valence-corrected chi connectivity index (χ3v) is 8.20. The molecule has 0 aliphatic carbocycles. The van der Waals surface area contributed by atoms with E-state index in [2.05, 4.69) is 0 Å². The van der Waals surface area contributed by atoms with Crippen molar-refractivity contribution in [2.45, 2.75) is 0 Å². The first kappa shape index (κ1) is 23.1. The molecule has 4 aliphatic rings. The maximum atomic E-state index is 12.6. The summed E-state index contributed by atoms with van der Waals surface area (Å²) in [7, 11) is 5.64. The predicted molar refractivity (Wildman–Crippen MR) is 145 cm³/mol. The molecular weight excluding hydrogens is 504 g/mol. The molecule has 3 aromatic carbocycles. The molecule has 3 N–H and O–H groups in total. The Morgan fingerprint density at radius 3 is 1.49 bits per heavy atom. The number of hydrogen-bond acceptors (Lipinski definition) is 6. The van der Waals surface area contributed by atoms with Crippen LogP contribution in [0.2, 0.25) is 0 Å². The molecule has 1 fully saturated rings. The number of aromatic carboxylic acids is 3. The second-order valence-electron chi connectivity index (χ2n) is 10.2. The topological polar surface area (TPSA) is 149 Å². The van der Waals surface area contributed by atoms with Gasteiger partial charge in [-0.3, -0.25) is 0 Å². The number of rotatable bonds is 3. The molecule has 39 heavy (non-hydrogen) atoms. The fourth-order valence-electron chi connectivity index (χ4n) is 6.62. The number of carboxylic acids is 3. The SMILES string of the molecule is C[N+]12C(=Nc3ccccc31)[N+]1(C)C(=Nc3ccccc31)[N+]1(C)C2=Nc2c1cc(C(=O)O)c(C(=O)O)c2C(=O)O. The Kier molecular flexibility index (Phi) is 4.08. The van der Waals surface area contributed by atoms with E-state index in [1.807, 2.05) is 62.6 Å². The van der Waals surface area contributed by atoms with Crippen LogP contribution in [-0.4, -0.2) is 72.2 Å². The maximum absolute atomic E-state index is 12.6. The van der Waals surface area contributed by atoms with Gasteiger partial charge in [0.25, 0.3) is 0 Å². The standard InChI is InChI=1S/C27H18N6O6/c1-31-16-10-6-4-8-14(16)29-26(31)33(3)18-12-13(22(34)35)19(23(36)37)20(24(38)39)21(18)30-27(33)32(2)17-11-7-5-9-15(17)28-25(31)32/h4-12H,1-3H3/p+3. The number of carbonyl (C=O) groups is 3. The molecular formula is C27H21N6O6+3. The van der Waals surface area contributed by atoms with Gasteiger partial charge in [0.1, 0.15) is 16.9 Å². The van der Waals surface area contributed by atoms with Gasteiger partial charge in [-0.15, -0.1) is 15.0 Å². The van der Waals surface area contributed by atoms with E-state index >= 15 is 0 Å². The Balaban J connectivity index is 1.67. The summed E-state index contributed by atoms with van der Waals surface area (Å²) in [5.74, 6) is -3.26. The fraction of sp³-hybridized carbons (Fsp3) is 0.111. The molecule has 1 saturated heterocycles. The van der Waals surface area contributed by atoms with Crippen LogP contribution in [-0.2, 0) is 0 Å². The van der Waals surface area contributed by atoms with Crippen molar-refractivity contribution in [3.8, 4) is 0 Å². The molecule has 12 nitrogen and oxygen atoms in total. The maximum Gasteiger partial charge on any atom is 0.432 e. The number of carboxylic acid groups (broad SMARTS) is 3. The minimum Gasteiger partial charge on any atom is -0.478 e. The van der Waals surface area contributed by atoms with Crippen LogP contribution in [0, 0.1) is 0 Å². The van der Waals surface area contributed by atoms with Gasteiger partial charge in [0.15, 0.2) is 22.7 Å². The van der Waals surface area contributed by atoms with Gasteiger partial charge >= 0.3 is 35.8 Å². The minimum absolute atomic E-state index is 0.0327. The van der Waals surface area contributed by atoms with Crippen LogP contribution in [0.5, 0.6) is 0 Å². The van der Waals surface area contributed by atoms with Crippen molar-refractivity contribution in [3.63, 3.8) is 0 Å². The zero-order chi connectivity index (χ0) is 27.6. The van der Waals surface area contributed by atoms with Gasteiger partial charge in [-0.05, 0) is 12.1 Å². The molecule has 3 aromatic rings. The van der Waals surface area contributed by atoms with Crippen LogP contribution in [0.4, 0.5) is 34.1 Å². The van der Waals surface area contributed by atoms with Crippen LogP contribution >= 0.6 is 0 Å². The van der Waals surface area contributed by atoms with Crippen LogP contribution in [0.1, 0.15) is 31.1 Å². The highest BCUT2D eigenvalue weighted by Crippen LogP contribution is 2.57. The van der Waals surface area contributed by atoms with E-state index in [0.29, 0.717) is 29.3 Å². The number of guanidine groups is 3. The number of nitrogens with zero attached hydrogens (tertiary/aromatic N) is 6. The summed E-state index contributed by atoms with van der Waals surface area (Å²) in [6.07, 6.45) is 0. The van der Waals surface area contributed by atoms with Crippen LogP contribution in [0.25, 0.3) is 0 Å². The molecule has 3 unspecified atom stereocenters. The Morgan fingerprint density at radius 2 is 1.03 bits per heavy atom. The number of benzene rings is 3. The van der Waals surface area contributed by atoms with Crippen molar-refractivity contribution in [3.05, 3.63) is 71.3 Å². The lowest BCUT2D eigenvalue weighted by Crippen LogP contribution is -2.85. The van der Waals surface area contributed by atoms with E-state index in [1.54, 1.807) is 7.05 Å². The molecule has 192 valence electrons. The number of fused-ring (bicyclic) bond motifs is 12. The molecule has 0 spiro atoms. The van der Waals surface area contributed by atoms with E-state index in [0.717, 1.165) is 11.4 Å². The summed E-state index contributed by atoms with van der Waals surface area (Å²) in [6.45, 7) is 0. The molecule has 0 saturated carbocycles. The Morgan fingerprint density at radius 1 is 0.590 bits per heavy atom. The predicted octanol–water partition coefficient (Wildman–Crippen LogP) is 4.01. The summed E-state index contributed by atoms with van der Waals surface area (Å²) in [6, 6.07) is 16.4. The van der Waals surface area contributed by atoms with Gasteiger partial charge in [-0.1, -0.05) is 37.7 Å². The summed E-state index contributed by atoms with van der Waals surface area (Å²) in [5.41, 5.74) is 0.992. The number of hydrogen-bond donors (Lipinski definition) is 3. The molecule has 4 aliphatic heterocycles. The number of para-hydroxylation sites is 4. The summed E-state index contributed by atoms with van der Waals surface area (Å²) >= 11 is 0. The van der Waals surface area contributed by atoms with E-state index < -0.39 is 34.6 Å². The van der Waals surface area contributed by atoms with Crippen LogP contribution < -0.4 is 13.4 Å². The number of aliphatic imine (C=N–C) groups is 3. The average molecular weight is 526 g/mol. The zero-order valence-corrected chi connectivity index (χ0v) is 20.9. The summed E-state index contributed by atoms with van der Waals surface area (Å²) in [5, 5.41) is 30.1. The number of quaternary nitrogens is 3. The van der Waals surface area contributed by atoms with Gasteiger partial charge in [-0.25, -0.2) is 14.4 Å². The highest BCUT2D eigenvalue weighted by Gasteiger charge is 2.78. The van der Waals surface area contributed by atoms with Gasteiger partial charge < -0.3 is 15.3 Å². The first-order valence-electron chi connectivity index (χ1n) is 12.0. The van der Waals surface area contributed by atoms with Gasteiger partial charge in [0.2, 0.25) is 0 Å². The second kappa shape index (κ2) is 6.88. The zero-order valence-electron chi connectivity index (χ0n) is 20.9. The van der Waals surface area contributed by atoms with Crippen molar-refractivity contribution in [2.75, 3.05) is 21.1 Å². The van der Waals surface area contributed by atoms with Crippen molar-refractivity contribution in [1.29, 1.82) is 0 Å². The van der Waals surface area contributed by atoms with E-state index in [4.69, 9.17) is 15.0 Å². The quantitative estimate of drug-likeness (QED) is 0.440. The molecule has 7 rings (SSSR count). The Labute approximate surface area is 220 Å². The lowest BCUT2D eigenvalue weighted by Gasteiger charge is -2.44. The molecule has 0 bridgehead atoms. The first-order valence-corrected chi connectivity index (χ1v) is 12.0. The van der Waals surface area contributed by atoms with Gasteiger partial charge in [-0.2, -0.15) is 0 Å². The molecule has 0 radical (unpaired) electrons. The minimum atomic E-state index is -1.67. The molecule has 4 heterocycles. The molecule has 0 aromatic heterocycles. The monoisotopic (exact) mass is 525 g/mol. The van der Waals surface area contributed by atoms with E-state index in [1.165, 1.54) is 6.07 Å². The largest absolute Gasteiger partial charge is 0.478 e. The highest BCUT2D eigenvalue weighted by molar-refractivity contribution is 6.41. The average Bonchev–Trinajstić information content (AvgIpc) is 3.50. The molecule has 12 heteroatoms. The fourth-order valence-corrected chi connectivity index (χ4v) is 6.62. The van der Waals surface area contributed by atoms with Crippen molar-refractivity contribution < 1.29 is 29.7 Å². The third kappa shape index (κ3) is 2.39. The van der Waals surface area contributed by atoms with Crippen molar-refractivity contribution >= 4 is 69.9 Å². The van der Waals surface area contributed by atoms with Crippen molar-refractivity contribution in [2.24, 2.45) is 15.0 Å². The van der Waals surface area contributed by atoms with E-state index in [-0.39, 0.29) is 24.8 Å². The van der Waals surface area contributed by atoms with Crippen LogP contribution in [0.3, 0.4) is 0 Å². The summed E-state index contributed by atoms with van der Waals surface area (Å²) in [4.78, 5) is 51.9. The summed E-state index contributed by atoms with van der Waals surface area (Å²) < 4.78 is -0.248. The Hall–Kier alpha value is -5.04. The molecule has 0 amide bonds. The second-order valence-corrected chi connectivity index (χ2v) is 10.2. The lowest BCUT2D eigenvalue weighted by atomic mass is 9.96. The molecule has 3 atom stereocenters. The Bertz CT molecular complexity index is 1860. The van der Waals surface area contributed by atoms with Crippen LogP contribution in [0.15, 0.2) is 69.6 Å². The first-order chi connectivity index (χ1) is 18.5. The smallest absolute Gasteiger partial charge is 0.432 e. The van der Waals surface area contributed by atoms with Gasteiger partial charge in [0, 0.05) is 18.2 Å². The van der Waals surface area contributed by atoms with Gasteiger partial charge in [0.05, 0.1) is 32.3 Å². The van der Waals surface area contributed by atoms with E-state index in [9.17, 15) is 29.7 Å². The van der Waals surface area contributed by atoms with Crippen molar-refractivity contribution in [1.82, 2.24) is 13.4 Å². The third-order valence-electron chi connectivity index (χ3n) is 8.20. The highest BCUT2D eigenvalue weighted by atomic mass is 16.4. The normalized spacial score (nSPS) is 26.7.